The van der Waals surface area contributed by atoms with Crippen molar-refractivity contribution in [3.05, 3.63) is 23.9 Å². The lowest BCUT2D eigenvalue weighted by atomic mass is 9.97. The van der Waals surface area contributed by atoms with Crippen molar-refractivity contribution >= 4 is 11.6 Å². The summed E-state index contributed by atoms with van der Waals surface area (Å²) in [5.41, 5.74) is 2.14. The minimum Gasteiger partial charge on any atom is -0.339 e. The SMILES string of the molecule is CCNCC1CCN(c2nc3ccc(C)cn3n2)CC1. The molecule has 1 aliphatic rings. The molecule has 5 heteroatoms. The number of anilines is 1. The summed E-state index contributed by atoms with van der Waals surface area (Å²) in [7, 11) is 0. The summed E-state index contributed by atoms with van der Waals surface area (Å²) >= 11 is 0. The van der Waals surface area contributed by atoms with Crippen LogP contribution in [0.25, 0.3) is 5.65 Å². The van der Waals surface area contributed by atoms with E-state index in [1.54, 1.807) is 0 Å². The number of nitrogens with one attached hydrogen (secondary N) is 1. The van der Waals surface area contributed by atoms with E-state index >= 15 is 0 Å². The molecular weight excluding hydrogens is 250 g/mol. The highest BCUT2D eigenvalue weighted by atomic mass is 15.4. The quantitative estimate of drug-likeness (QED) is 0.923. The van der Waals surface area contributed by atoms with Gasteiger partial charge in [-0.25, -0.2) is 4.52 Å². The molecule has 1 fully saturated rings. The number of fused-ring (bicyclic) bond motifs is 1. The monoisotopic (exact) mass is 273 g/mol. The van der Waals surface area contributed by atoms with Crippen molar-refractivity contribution in [1.29, 1.82) is 0 Å². The van der Waals surface area contributed by atoms with E-state index < -0.39 is 0 Å². The molecule has 2 aromatic rings. The molecule has 0 aliphatic carbocycles. The van der Waals surface area contributed by atoms with Crippen LogP contribution in [0.2, 0.25) is 0 Å². The zero-order chi connectivity index (χ0) is 13.9. The summed E-state index contributed by atoms with van der Waals surface area (Å²) in [6.45, 7) is 8.57. The normalized spacial score (nSPS) is 17.0. The number of hydrogen-bond acceptors (Lipinski definition) is 4. The Labute approximate surface area is 120 Å². The van der Waals surface area contributed by atoms with Crippen molar-refractivity contribution < 1.29 is 0 Å². The number of rotatable bonds is 4. The maximum Gasteiger partial charge on any atom is 0.245 e. The molecule has 1 N–H and O–H groups in total. The number of aryl methyl sites for hydroxylation is 1. The fourth-order valence-electron chi connectivity index (χ4n) is 2.79. The number of hydrogen-bond donors (Lipinski definition) is 1. The highest BCUT2D eigenvalue weighted by Gasteiger charge is 2.21. The largest absolute Gasteiger partial charge is 0.339 e. The van der Waals surface area contributed by atoms with Gasteiger partial charge in [0.2, 0.25) is 5.95 Å². The predicted molar refractivity (Wildman–Crippen MR) is 81.2 cm³/mol. The Morgan fingerprint density at radius 1 is 1.30 bits per heavy atom. The van der Waals surface area contributed by atoms with Gasteiger partial charge in [0.05, 0.1) is 0 Å². The van der Waals surface area contributed by atoms with Gasteiger partial charge in [-0.15, -0.1) is 5.10 Å². The molecular formula is C15H23N5. The fraction of sp³-hybridized carbons (Fsp3) is 0.600. The molecule has 1 aliphatic heterocycles. The van der Waals surface area contributed by atoms with Crippen molar-refractivity contribution in [2.24, 2.45) is 5.92 Å². The minimum absolute atomic E-state index is 0.797. The molecule has 1 saturated heterocycles. The Morgan fingerprint density at radius 2 is 2.10 bits per heavy atom. The molecule has 2 aromatic heterocycles. The number of nitrogens with zero attached hydrogens (tertiary/aromatic N) is 4. The summed E-state index contributed by atoms with van der Waals surface area (Å²) in [6, 6.07) is 4.11. The molecule has 0 bridgehead atoms. The lowest BCUT2D eigenvalue weighted by Gasteiger charge is -2.31. The van der Waals surface area contributed by atoms with Crippen LogP contribution in [0.1, 0.15) is 25.3 Å². The van der Waals surface area contributed by atoms with Crippen LogP contribution in [0.15, 0.2) is 18.3 Å². The van der Waals surface area contributed by atoms with Crippen molar-refractivity contribution in [3.8, 4) is 0 Å². The van der Waals surface area contributed by atoms with Crippen LogP contribution in [-0.4, -0.2) is 40.8 Å². The third-order valence-corrected chi connectivity index (χ3v) is 4.05. The zero-order valence-corrected chi connectivity index (χ0v) is 12.3. The van der Waals surface area contributed by atoms with Crippen LogP contribution in [-0.2, 0) is 0 Å². The highest BCUT2D eigenvalue weighted by Crippen LogP contribution is 2.21. The van der Waals surface area contributed by atoms with Crippen molar-refractivity contribution in [3.63, 3.8) is 0 Å². The first-order chi connectivity index (χ1) is 9.76. The Hall–Kier alpha value is -1.62. The van der Waals surface area contributed by atoms with Gasteiger partial charge in [0.1, 0.15) is 0 Å². The number of aromatic nitrogens is 3. The van der Waals surface area contributed by atoms with E-state index in [4.69, 9.17) is 0 Å². The Kier molecular flexibility index (Phi) is 3.87. The summed E-state index contributed by atoms with van der Waals surface area (Å²) in [4.78, 5) is 6.94. The van der Waals surface area contributed by atoms with Crippen molar-refractivity contribution in [2.75, 3.05) is 31.1 Å². The molecule has 5 nitrogen and oxygen atoms in total. The molecule has 3 heterocycles. The van der Waals surface area contributed by atoms with Gasteiger partial charge < -0.3 is 10.2 Å². The maximum atomic E-state index is 4.63. The molecule has 108 valence electrons. The lowest BCUT2D eigenvalue weighted by molar-refractivity contribution is 0.384. The number of pyridine rings is 1. The van der Waals surface area contributed by atoms with E-state index in [9.17, 15) is 0 Å². The highest BCUT2D eigenvalue weighted by molar-refractivity contribution is 5.45. The van der Waals surface area contributed by atoms with Gasteiger partial charge in [0.15, 0.2) is 5.65 Å². The summed E-state index contributed by atoms with van der Waals surface area (Å²) in [5, 5.41) is 8.05. The molecule has 3 rings (SSSR count). The van der Waals surface area contributed by atoms with E-state index in [-0.39, 0.29) is 0 Å². The van der Waals surface area contributed by atoms with Crippen LogP contribution in [0.5, 0.6) is 0 Å². The molecule has 0 saturated carbocycles. The fourth-order valence-corrected chi connectivity index (χ4v) is 2.79. The topological polar surface area (TPSA) is 45.5 Å². The van der Waals surface area contributed by atoms with E-state index in [2.05, 4.69) is 40.2 Å². The first-order valence-corrected chi connectivity index (χ1v) is 7.55. The van der Waals surface area contributed by atoms with E-state index in [1.807, 2.05) is 16.8 Å². The average Bonchev–Trinajstić information content (AvgIpc) is 2.88. The molecule has 20 heavy (non-hydrogen) atoms. The second-order valence-corrected chi connectivity index (χ2v) is 5.66. The minimum atomic E-state index is 0.797. The van der Waals surface area contributed by atoms with Crippen LogP contribution < -0.4 is 10.2 Å². The summed E-state index contributed by atoms with van der Waals surface area (Å²) in [5.74, 6) is 1.67. The molecule has 0 atom stereocenters. The Morgan fingerprint density at radius 3 is 2.85 bits per heavy atom. The standard InChI is InChI=1S/C15H23N5/c1-3-16-10-13-6-8-19(9-7-13)15-17-14-5-4-12(2)11-20(14)18-15/h4-5,11,13,16H,3,6-10H2,1-2H3. The van der Waals surface area contributed by atoms with Gasteiger partial charge in [-0.2, -0.15) is 4.98 Å². The number of piperidine rings is 1. The molecule has 0 unspecified atom stereocenters. The third kappa shape index (κ3) is 2.77. The van der Waals surface area contributed by atoms with Crippen LogP contribution >= 0.6 is 0 Å². The molecule has 0 spiro atoms. The van der Waals surface area contributed by atoms with E-state index in [0.29, 0.717) is 0 Å². The van der Waals surface area contributed by atoms with E-state index in [0.717, 1.165) is 43.7 Å². The zero-order valence-electron chi connectivity index (χ0n) is 12.3. The van der Waals surface area contributed by atoms with Crippen LogP contribution in [0.3, 0.4) is 0 Å². The van der Waals surface area contributed by atoms with Crippen molar-refractivity contribution in [1.82, 2.24) is 19.9 Å². The van der Waals surface area contributed by atoms with Gasteiger partial charge in [-0.05, 0) is 50.4 Å². The van der Waals surface area contributed by atoms with Gasteiger partial charge in [0, 0.05) is 19.3 Å². The molecule has 0 aromatic carbocycles. The maximum absolute atomic E-state index is 4.63. The van der Waals surface area contributed by atoms with Gasteiger partial charge in [-0.1, -0.05) is 13.0 Å². The van der Waals surface area contributed by atoms with Crippen LogP contribution in [0, 0.1) is 12.8 Å². The smallest absolute Gasteiger partial charge is 0.245 e. The van der Waals surface area contributed by atoms with Crippen molar-refractivity contribution in [2.45, 2.75) is 26.7 Å². The predicted octanol–water partition coefficient (Wildman–Crippen LogP) is 1.86. The Balaban J connectivity index is 1.67. The van der Waals surface area contributed by atoms with Crippen LogP contribution in [0.4, 0.5) is 5.95 Å². The second kappa shape index (κ2) is 5.79. The van der Waals surface area contributed by atoms with Gasteiger partial charge in [0.25, 0.3) is 0 Å². The van der Waals surface area contributed by atoms with Gasteiger partial charge >= 0.3 is 0 Å². The summed E-state index contributed by atoms with van der Waals surface area (Å²) < 4.78 is 1.88. The Bertz CT molecular complexity index is 569. The van der Waals surface area contributed by atoms with Gasteiger partial charge in [-0.3, -0.25) is 0 Å². The lowest BCUT2D eigenvalue weighted by Crippen LogP contribution is -2.37. The second-order valence-electron chi connectivity index (χ2n) is 5.66. The first kappa shape index (κ1) is 13.4. The summed E-state index contributed by atoms with van der Waals surface area (Å²) in [6.07, 6.45) is 4.48. The average molecular weight is 273 g/mol. The first-order valence-electron chi connectivity index (χ1n) is 7.55. The third-order valence-electron chi connectivity index (χ3n) is 4.05. The molecule has 0 radical (unpaired) electrons. The molecule has 0 amide bonds. The van der Waals surface area contributed by atoms with E-state index in [1.165, 1.54) is 18.4 Å².